The van der Waals surface area contributed by atoms with Crippen LogP contribution in [-0.4, -0.2) is 36.0 Å². The second-order valence-electron chi connectivity index (χ2n) is 10.9. The van der Waals surface area contributed by atoms with Crippen LogP contribution in [0.4, 0.5) is 0 Å². The molecule has 2 saturated heterocycles. The molecule has 6 unspecified atom stereocenters. The molecule has 8 aliphatic rings. The van der Waals surface area contributed by atoms with Crippen molar-refractivity contribution in [1.82, 2.24) is 0 Å². The van der Waals surface area contributed by atoms with Gasteiger partial charge in [-0.2, -0.15) is 0 Å². The maximum absolute atomic E-state index is 12.5. The van der Waals surface area contributed by atoms with E-state index in [-0.39, 0.29) is 35.2 Å². The lowest BCUT2D eigenvalue weighted by Gasteiger charge is -2.42. The van der Waals surface area contributed by atoms with E-state index < -0.39 is 11.2 Å². The third kappa shape index (κ3) is 3.37. The Morgan fingerprint density at radius 1 is 0.639 bits per heavy atom. The molecule has 2 heterocycles. The molecule has 184 valence electrons. The van der Waals surface area contributed by atoms with Gasteiger partial charge in [0.2, 0.25) is 0 Å². The summed E-state index contributed by atoms with van der Waals surface area (Å²) in [5.74, 6) is 1.62. The third-order valence-corrected chi connectivity index (χ3v) is 10.8. The number of carbonyl (C=O) groups excluding carboxylic acids is 2. The van der Waals surface area contributed by atoms with E-state index >= 15 is 0 Å². The molecule has 2 aromatic rings. The number of benzene rings is 2. The molecule has 36 heavy (non-hydrogen) atoms. The predicted octanol–water partition coefficient (Wildman–Crippen LogP) is 6.07. The molecule has 10 rings (SSSR count). The van der Waals surface area contributed by atoms with E-state index in [1.165, 1.54) is 11.1 Å². The molecule has 0 aromatic heterocycles. The zero-order valence-corrected chi connectivity index (χ0v) is 22.8. The SMILES string of the molecule is O=C1C2C=C(Br)C(CC2c2ccccc2)[C@@]12CO2.O=C1C2C=C(Br)C(CC2c2ccccc2)[C@@]12CO2. The van der Waals surface area contributed by atoms with Crippen LogP contribution in [0.1, 0.15) is 35.8 Å². The number of ether oxygens (including phenoxy) is 2. The largest absolute Gasteiger partial charge is 0.361 e. The fraction of sp³-hybridized carbons (Fsp3) is 0.400. The lowest BCUT2D eigenvalue weighted by Crippen LogP contribution is -2.49. The number of ketones is 2. The Balaban J connectivity index is 0.000000122. The van der Waals surface area contributed by atoms with Gasteiger partial charge in [0.25, 0.3) is 0 Å². The molecule has 0 amide bonds. The lowest BCUT2D eigenvalue weighted by molar-refractivity contribution is -0.133. The molecular weight excluding hydrogens is 584 g/mol. The fourth-order valence-electron chi connectivity index (χ4n) is 7.01. The number of hydrogen-bond acceptors (Lipinski definition) is 4. The van der Waals surface area contributed by atoms with Crippen LogP contribution in [0.3, 0.4) is 0 Å². The normalized spacial score (nSPS) is 41.1. The molecule has 6 heteroatoms. The van der Waals surface area contributed by atoms with Gasteiger partial charge >= 0.3 is 0 Å². The van der Waals surface area contributed by atoms with Crippen LogP contribution >= 0.6 is 31.9 Å². The maximum atomic E-state index is 12.5. The molecule has 4 bridgehead atoms. The molecule has 2 aromatic carbocycles. The Morgan fingerprint density at radius 3 is 1.33 bits per heavy atom. The smallest absolute Gasteiger partial charge is 0.175 e. The molecule has 2 saturated carbocycles. The summed E-state index contributed by atoms with van der Waals surface area (Å²) in [6.07, 6.45) is 6.22. The van der Waals surface area contributed by atoms with Crippen molar-refractivity contribution < 1.29 is 19.1 Å². The van der Waals surface area contributed by atoms with E-state index in [0.717, 1.165) is 21.8 Å². The Kier molecular flexibility index (Phi) is 5.38. The predicted molar refractivity (Wildman–Crippen MR) is 143 cm³/mol. The van der Waals surface area contributed by atoms with Crippen LogP contribution < -0.4 is 0 Å². The Hall–Kier alpha value is -1.86. The van der Waals surface area contributed by atoms with E-state index in [9.17, 15) is 9.59 Å². The van der Waals surface area contributed by atoms with Gasteiger partial charge in [0.05, 0.1) is 13.2 Å². The molecule has 8 atom stereocenters. The molecular formula is C30H26Br2O4. The third-order valence-electron chi connectivity index (χ3n) is 9.12. The summed E-state index contributed by atoms with van der Waals surface area (Å²) >= 11 is 7.23. The number of epoxide rings is 2. The molecule has 6 aliphatic carbocycles. The molecule has 0 N–H and O–H groups in total. The number of allylic oxidation sites excluding steroid dienone is 2. The van der Waals surface area contributed by atoms with Gasteiger partial charge in [0, 0.05) is 23.7 Å². The second-order valence-corrected chi connectivity index (χ2v) is 12.7. The average Bonchev–Trinajstić information content (AvgIpc) is 3.84. The van der Waals surface area contributed by atoms with Crippen LogP contribution in [0.5, 0.6) is 0 Å². The lowest BCUT2D eigenvalue weighted by atomic mass is 9.61. The maximum Gasteiger partial charge on any atom is 0.175 e. The van der Waals surface area contributed by atoms with Crippen LogP contribution in [0.15, 0.2) is 81.8 Å². The molecule has 4 fully saturated rings. The zero-order valence-electron chi connectivity index (χ0n) is 19.6. The van der Waals surface area contributed by atoms with Crippen LogP contribution in [0.2, 0.25) is 0 Å². The van der Waals surface area contributed by atoms with Gasteiger partial charge in [0.15, 0.2) is 22.8 Å². The minimum Gasteiger partial charge on any atom is -0.361 e. The van der Waals surface area contributed by atoms with Crippen LogP contribution in [-0.2, 0) is 19.1 Å². The van der Waals surface area contributed by atoms with Gasteiger partial charge in [-0.25, -0.2) is 0 Å². The fourth-order valence-corrected chi connectivity index (χ4v) is 8.70. The molecule has 2 aliphatic heterocycles. The summed E-state index contributed by atoms with van der Waals surface area (Å²) in [6, 6.07) is 20.7. The number of rotatable bonds is 2. The van der Waals surface area contributed by atoms with Gasteiger partial charge in [-0.1, -0.05) is 105 Å². The standard InChI is InChI=1S/2C15H13BrO2/c2*16-13-7-11-10(9-4-2-1-3-5-9)6-12(13)15(8-18-15)14(11)17/h2*1-5,7,10-12H,6,8H2/t2*10?,11?,12?,15-/m00/s1. The highest BCUT2D eigenvalue weighted by atomic mass is 79.9. The quantitative estimate of drug-likeness (QED) is 0.388. The van der Waals surface area contributed by atoms with E-state index in [4.69, 9.17) is 9.47 Å². The first kappa shape index (κ1) is 23.3. The van der Waals surface area contributed by atoms with E-state index in [1.807, 2.05) is 36.4 Å². The minimum absolute atomic E-state index is 0.0192. The van der Waals surface area contributed by atoms with Crippen LogP contribution in [0, 0.1) is 23.7 Å². The topological polar surface area (TPSA) is 59.2 Å². The van der Waals surface area contributed by atoms with Gasteiger partial charge < -0.3 is 9.47 Å². The number of carbonyl (C=O) groups is 2. The number of hydrogen-bond donors (Lipinski definition) is 0. The van der Waals surface area contributed by atoms with Gasteiger partial charge in [-0.3, -0.25) is 9.59 Å². The summed E-state index contributed by atoms with van der Waals surface area (Å²) in [6.45, 7) is 1.22. The van der Waals surface area contributed by atoms with Gasteiger partial charge in [-0.05, 0) is 44.8 Å². The highest BCUT2D eigenvalue weighted by molar-refractivity contribution is 9.12. The van der Waals surface area contributed by atoms with E-state index in [1.54, 1.807) is 0 Å². The van der Waals surface area contributed by atoms with E-state index in [2.05, 4.69) is 68.3 Å². The first-order chi connectivity index (χ1) is 17.4. The van der Waals surface area contributed by atoms with Crippen molar-refractivity contribution in [2.75, 3.05) is 13.2 Å². The van der Waals surface area contributed by atoms with Crippen molar-refractivity contribution in [2.24, 2.45) is 23.7 Å². The van der Waals surface area contributed by atoms with Gasteiger partial charge in [-0.15, -0.1) is 0 Å². The first-order valence-electron chi connectivity index (χ1n) is 12.7. The van der Waals surface area contributed by atoms with E-state index in [0.29, 0.717) is 25.0 Å². The van der Waals surface area contributed by atoms with Crippen molar-refractivity contribution >= 4 is 43.4 Å². The highest BCUT2D eigenvalue weighted by Gasteiger charge is 2.67. The molecule has 0 radical (unpaired) electrons. The first-order valence-corrected chi connectivity index (χ1v) is 14.2. The zero-order chi connectivity index (χ0) is 24.7. The summed E-state index contributed by atoms with van der Waals surface area (Å²) in [5, 5.41) is 0. The van der Waals surface area contributed by atoms with Crippen molar-refractivity contribution in [3.63, 3.8) is 0 Å². The molecule has 2 spiro atoms. The molecule has 4 nitrogen and oxygen atoms in total. The Bertz CT molecular complexity index is 1190. The monoisotopic (exact) mass is 608 g/mol. The van der Waals surface area contributed by atoms with Crippen LogP contribution in [0.25, 0.3) is 0 Å². The summed E-state index contributed by atoms with van der Waals surface area (Å²) < 4.78 is 13.4. The van der Waals surface area contributed by atoms with Gasteiger partial charge in [0.1, 0.15) is 0 Å². The number of halogens is 2. The van der Waals surface area contributed by atoms with Crippen molar-refractivity contribution in [1.29, 1.82) is 0 Å². The number of fused-ring (bicyclic) bond motifs is 2. The summed E-state index contributed by atoms with van der Waals surface area (Å²) in [5.41, 5.74) is 1.60. The van der Waals surface area contributed by atoms with Crippen molar-refractivity contribution in [3.05, 3.63) is 92.9 Å². The van der Waals surface area contributed by atoms with Crippen molar-refractivity contribution in [2.45, 2.75) is 35.9 Å². The number of Topliss-reactive ketones (excluding diaryl/α,β-unsaturated/α-hetero) is 2. The Morgan fingerprint density at radius 2 is 1.00 bits per heavy atom. The average molecular weight is 610 g/mol. The summed E-state index contributed by atoms with van der Waals surface area (Å²) in [7, 11) is 0. The van der Waals surface area contributed by atoms with Crippen molar-refractivity contribution in [3.8, 4) is 0 Å². The second kappa shape index (κ2) is 8.32. The summed E-state index contributed by atoms with van der Waals surface area (Å²) in [4.78, 5) is 25.0. The Labute approximate surface area is 227 Å². The highest BCUT2D eigenvalue weighted by Crippen LogP contribution is 2.59. The minimum atomic E-state index is -0.469.